The van der Waals surface area contributed by atoms with E-state index in [4.69, 9.17) is 4.42 Å². The number of aromatic nitrogens is 2. The number of methoxy groups -OCH3 is 1. The third kappa shape index (κ3) is 3.97. The summed E-state index contributed by atoms with van der Waals surface area (Å²) < 4.78 is 49.7. The van der Waals surface area contributed by atoms with E-state index in [9.17, 15) is 18.0 Å². The molecule has 0 radical (unpaired) electrons. The number of rotatable bonds is 4. The van der Waals surface area contributed by atoms with E-state index in [0.29, 0.717) is 30.7 Å². The molecule has 5 nitrogen and oxygen atoms in total. The van der Waals surface area contributed by atoms with E-state index in [2.05, 4.69) is 14.7 Å². The van der Waals surface area contributed by atoms with Crippen LogP contribution in [-0.4, -0.2) is 23.0 Å². The first kappa shape index (κ1) is 17.8. The van der Waals surface area contributed by atoms with Crippen molar-refractivity contribution in [3.63, 3.8) is 0 Å². The second-order valence-electron chi connectivity index (χ2n) is 5.53. The first-order chi connectivity index (χ1) is 11.9. The van der Waals surface area contributed by atoms with E-state index in [1.807, 2.05) is 0 Å². The molecule has 0 amide bonds. The summed E-state index contributed by atoms with van der Waals surface area (Å²) in [6.07, 6.45) is -2.07. The zero-order valence-electron chi connectivity index (χ0n) is 13.4. The van der Waals surface area contributed by atoms with Gasteiger partial charge in [-0.3, -0.25) is 0 Å². The van der Waals surface area contributed by atoms with Crippen molar-refractivity contribution in [2.75, 3.05) is 7.11 Å². The lowest BCUT2D eigenvalue weighted by atomic mass is 9.94. The minimum Gasteiger partial charge on any atom is -0.463 e. The van der Waals surface area contributed by atoms with E-state index in [1.165, 1.54) is 13.2 Å². The molecule has 1 aliphatic carbocycles. The van der Waals surface area contributed by atoms with Crippen molar-refractivity contribution in [1.29, 1.82) is 0 Å². The molecule has 0 aromatic carbocycles. The number of hydrogen-bond acceptors (Lipinski definition) is 6. The number of thioether (sulfide) groups is 1. The maximum Gasteiger partial charge on any atom is 0.433 e. The van der Waals surface area contributed by atoms with Crippen LogP contribution in [0.15, 0.2) is 21.7 Å². The number of furan rings is 1. The molecule has 0 saturated carbocycles. The number of alkyl halides is 3. The SMILES string of the molecule is COC(=O)c1ccc(CSc2nc3c(c(C(F)(F)F)n2)CCCC3)o1. The van der Waals surface area contributed by atoms with Gasteiger partial charge < -0.3 is 9.15 Å². The fourth-order valence-corrected chi connectivity index (χ4v) is 3.43. The predicted octanol–water partition coefficient (Wildman–Crippen LogP) is 4.05. The standard InChI is InChI=1S/C16H15F3N2O3S/c1-23-14(22)12-7-6-9(24-12)8-25-15-20-11-5-3-2-4-10(11)13(21-15)16(17,18)19/h6-7H,2-5,8H2,1H3. The van der Waals surface area contributed by atoms with Gasteiger partial charge in [0.05, 0.1) is 12.9 Å². The van der Waals surface area contributed by atoms with Crippen LogP contribution in [-0.2, 0) is 29.5 Å². The Morgan fingerprint density at radius 2 is 2.04 bits per heavy atom. The van der Waals surface area contributed by atoms with Gasteiger partial charge in [0, 0.05) is 11.3 Å². The van der Waals surface area contributed by atoms with Crippen LogP contribution in [0.4, 0.5) is 13.2 Å². The van der Waals surface area contributed by atoms with Crippen LogP contribution in [0, 0.1) is 0 Å². The topological polar surface area (TPSA) is 65.2 Å². The Balaban J connectivity index is 1.81. The molecule has 0 N–H and O–H groups in total. The number of nitrogens with zero attached hydrogens (tertiary/aromatic N) is 2. The van der Waals surface area contributed by atoms with Gasteiger partial charge in [0.25, 0.3) is 0 Å². The summed E-state index contributed by atoms with van der Waals surface area (Å²) in [6, 6.07) is 3.03. The Labute approximate surface area is 146 Å². The van der Waals surface area contributed by atoms with Crippen LogP contribution in [0.2, 0.25) is 0 Å². The maximum absolute atomic E-state index is 13.3. The van der Waals surface area contributed by atoms with Gasteiger partial charge in [-0.15, -0.1) is 0 Å². The highest BCUT2D eigenvalue weighted by molar-refractivity contribution is 7.98. The molecule has 2 heterocycles. The predicted molar refractivity (Wildman–Crippen MR) is 83.3 cm³/mol. The molecule has 9 heteroatoms. The van der Waals surface area contributed by atoms with Gasteiger partial charge in [0.2, 0.25) is 5.76 Å². The van der Waals surface area contributed by atoms with E-state index in [-0.39, 0.29) is 22.2 Å². The molecule has 2 aromatic rings. The highest BCUT2D eigenvalue weighted by Crippen LogP contribution is 2.36. The molecule has 0 saturated heterocycles. The lowest BCUT2D eigenvalue weighted by Crippen LogP contribution is -2.19. The van der Waals surface area contributed by atoms with Crippen molar-refractivity contribution in [2.24, 2.45) is 0 Å². The average Bonchev–Trinajstić information content (AvgIpc) is 3.06. The van der Waals surface area contributed by atoms with Crippen molar-refractivity contribution in [3.8, 4) is 0 Å². The third-order valence-corrected chi connectivity index (χ3v) is 4.69. The van der Waals surface area contributed by atoms with E-state index in [1.54, 1.807) is 6.07 Å². The van der Waals surface area contributed by atoms with Gasteiger partial charge in [-0.05, 0) is 37.8 Å². The number of carbonyl (C=O) groups is 1. The summed E-state index contributed by atoms with van der Waals surface area (Å²) in [5.74, 6) is 0.0777. The smallest absolute Gasteiger partial charge is 0.433 e. The summed E-state index contributed by atoms with van der Waals surface area (Å²) in [4.78, 5) is 19.3. The molecule has 0 aliphatic heterocycles. The number of ether oxygens (including phenoxy) is 1. The van der Waals surface area contributed by atoms with Crippen LogP contribution in [0.3, 0.4) is 0 Å². The van der Waals surface area contributed by atoms with Crippen molar-refractivity contribution < 1.29 is 27.1 Å². The van der Waals surface area contributed by atoms with E-state index >= 15 is 0 Å². The number of esters is 1. The maximum atomic E-state index is 13.3. The fraction of sp³-hybridized carbons (Fsp3) is 0.438. The van der Waals surface area contributed by atoms with Crippen LogP contribution >= 0.6 is 11.8 Å². The number of hydrogen-bond donors (Lipinski definition) is 0. The van der Waals surface area contributed by atoms with Gasteiger partial charge in [-0.25, -0.2) is 14.8 Å². The monoisotopic (exact) mass is 372 g/mol. The molecule has 0 unspecified atom stereocenters. The average molecular weight is 372 g/mol. The number of aryl methyl sites for hydroxylation is 1. The summed E-state index contributed by atoms with van der Waals surface area (Å²) in [7, 11) is 1.24. The van der Waals surface area contributed by atoms with Crippen LogP contribution in [0.25, 0.3) is 0 Å². The van der Waals surface area contributed by atoms with Gasteiger partial charge in [0.1, 0.15) is 5.76 Å². The van der Waals surface area contributed by atoms with Gasteiger partial charge in [-0.1, -0.05) is 11.8 Å². The molecule has 134 valence electrons. The number of carbonyl (C=O) groups excluding carboxylic acids is 1. The van der Waals surface area contributed by atoms with Gasteiger partial charge >= 0.3 is 12.1 Å². The molecule has 0 spiro atoms. The van der Waals surface area contributed by atoms with Crippen LogP contribution in [0.5, 0.6) is 0 Å². The quantitative estimate of drug-likeness (QED) is 0.458. The molecule has 0 atom stereocenters. The molecule has 2 aromatic heterocycles. The van der Waals surface area contributed by atoms with E-state index in [0.717, 1.165) is 18.2 Å². The lowest BCUT2D eigenvalue weighted by Gasteiger charge is -2.20. The van der Waals surface area contributed by atoms with Gasteiger partial charge in [-0.2, -0.15) is 13.2 Å². The zero-order valence-corrected chi connectivity index (χ0v) is 14.2. The first-order valence-corrected chi connectivity index (χ1v) is 8.64. The van der Waals surface area contributed by atoms with Gasteiger partial charge in [0.15, 0.2) is 10.9 Å². The Hall–Kier alpha value is -2.03. The fourth-order valence-electron chi connectivity index (χ4n) is 2.67. The molecule has 0 bridgehead atoms. The molecule has 1 aliphatic rings. The highest BCUT2D eigenvalue weighted by atomic mass is 32.2. The normalized spacial score (nSPS) is 14.2. The van der Waals surface area contributed by atoms with E-state index < -0.39 is 17.8 Å². The highest BCUT2D eigenvalue weighted by Gasteiger charge is 2.38. The lowest BCUT2D eigenvalue weighted by molar-refractivity contribution is -0.142. The van der Waals surface area contributed by atoms with Crippen molar-refractivity contribution in [2.45, 2.75) is 42.8 Å². The summed E-state index contributed by atoms with van der Waals surface area (Å²) in [5.41, 5.74) is -0.144. The Morgan fingerprint density at radius 3 is 2.76 bits per heavy atom. The summed E-state index contributed by atoms with van der Waals surface area (Å²) in [6.45, 7) is 0. The van der Waals surface area contributed by atoms with Crippen molar-refractivity contribution in [1.82, 2.24) is 9.97 Å². The third-order valence-electron chi connectivity index (χ3n) is 3.82. The van der Waals surface area contributed by atoms with Crippen LogP contribution in [0.1, 0.15) is 46.1 Å². The number of fused-ring (bicyclic) bond motifs is 1. The largest absolute Gasteiger partial charge is 0.463 e. The molecule has 0 fully saturated rings. The Kier molecular flexibility index (Phi) is 5.03. The Bertz CT molecular complexity index is 789. The first-order valence-electron chi connectivity index (χ1n) is 7.65. The molecule has 3 rings (SSSR count). The molecular weight excluding hydrogens is 357 g/mol. The number of halogens is 3. The second-order valence-corrected chi connectivity index (χ2v) is 6.47. The Morgan fingerprint density at radius 1 is 1.28 bits per heavy atom. The van der Waals surface area contributed by atoms with Crippen LogP contribution < -0.4 is 0 Å². The summed E-state index contributed by atoms with van der Waals surface area (Å²) >= 11 is 1.04. The second kappa shape index (κ2) is 7.07. The zero-order chi connectivity index (χ0) is 18.0. The summed E-state index contributed by atoms with van der Waals surface area (Å²) in [5, 5.41) is 0.0593. The molecule has 25 heavy (non-hydrogen) atoms. The minimum absolute atomic E-state index is 0.0421. The minimum atomic E-state index is -4.50. The van der Waals surface area contributed by atoms with Crippen molar-refractivity contribution in [3.05, 3.63) is 40.6 Å². The van der Waals surface area contributed by atoms with Crippen molar-refractivity contribution >= 4 is 17.7 Å². The molecular formula is C16H15F3N2O3S.